The van der Waals surface area contributed by atoms with Crippen molar-refractivity contribution in [2.24, 2.45) is 17.6 Å². The number of amides is 2. The molecule has 6 N–H and O–H groups in total. The number of halogens is 1. The highest BCUT2D eigenvalue weighted by Crippen LogP contribution is 2.52. The maximum absolute atomic E-state index is 16.1. The van der Waals surface area contributed by atoms with Crippen LogP contribution in [-0.2, 0) is 27.3 Å². The smallest absolute Gasteiger partial charge is 0.255 e. The molecule has 1 saturated heterocycles. The summed E-state index contributed by atoms with van der Waals surface area (Å²) >= 11 is 0. The van der Waals surface area contributed by atoms with Gasteiger partial charge in [-0.15, -0.1) is 0 Å². The SMILES string of the molecule is COc1cc(CN2CC[C@H](NC(C)=O)C2)c(F)c2c1C(=O)C1=C(O)[C@]3(O)C(=O)C(C(N)=O)=C(O)[C@@H](N(C)C)[C@@H]3C[C@@H]1C2. The maximum Gasteiger partial charge on any atom is 0.255 e. The van der Waals surface area contributed by atoms with Crippen molar-refractivity contribution in [3.05, 3.63) is 51.2 Å². The Hall–Kier alpha value is -3.81. The molecule has 0 radical (unpaired) electrons. The summed E-state index contributed by atoms with van der Waals surface area (Å²) in [6, 6.07) is 0.273. The van der Waals surface area contributed by atoms with E-state index in [-0.39, 0.29) is 53.8 Å². The highest BCUT2D eigenvalue weighted by molar-refractivity contribution is 6.24. The van der Waals surface area contributed by atoms with Crippen LogP contribution in [-0.4, -0.2) is 100 Å². The molecule has 1 heterocycles. The maximum atomic E-state index is 16.1. The number of hydrogen-bond acceptors (Lipinski definition) is 10. The van der Waals surface area contributed by atoms with Gasteiger partial charge in [0.1, 0.15) is 28.7 Å². The lowest BCUT2D eigenvalue weighted by atomic mass is 9.58. The fourth-order valence-corrected chi connectivity index (χ4v) is 7.23. The van der Waals surface area contributed by atoms with Gasteiger partial charge in [-0.05, 0) is 45.3 Å². The Balaban J connectivity index is 1.58. The van der Waals surface area contributed by atoms with Crippen LogP contribution in [0.3, 0.4) is 0 Å². The summed E-state index contributed by atoms with van der Waals surface area (Å²) in [5, 5.41) is 36.9. The summed E-state index contributed by atoms with van der Waals surface area (Å²) in [5.41, 5.74) is 1.82. The number of likely N-dealkylation sites (N-methyl/N-ethyl adjacent to an activating group) is 1. The number of primary amides is 1. The van der Waals surface area contributed by atoms with Gasteiger partial charge in [-0.2, -0.15) is 0 Å². The molecular formula is C29H35FN4O8. The molecule has 226 valence electrons. The van der Waals surface area contributed by atoms with Gasteiger partial charge in [0.25, 0.3) is 5.91 Å². The second-order valence-corrected chi connectivity index (χ2v) is 11.8. The number of Topliss-reactive ketones (excluding diaryl/α,β-unsaturated/α-hetero) is 2. The zero-order valence-electron chi connectivity index (χ0n) is 23.9. The van der Waals surface area contributed by atoms with E-state index >= 15 is 4.39 Å². The Morgan fingerprint density at radius 1 is 1.29 bits per heavy atom. The number of nitrogens with two attached hydrogens (primary N) is 1. The molecule has 0 aromatic heterocycles. The summed E-state index contributed by atoms with van der Waals surface area (Å²) in [6.07, 6.45) is 0.591. The number of fused-ring (bicyclic) bond motifs is 3. The van der Waals surface area contributed by atoms with Gasteiger partial charge in [-0.3, -0.25) is 29.0 Å². The lowest BCUT2D eigenvalue weighted by molar-refractivity contribution is -0.148. The van der Waals surface area contributed by atoms with E-state index < -0.39 is 63.9 Å². The summed E-state index contributed by atoms with van der Waals surface area (Å²) in [6.45, 7) is 2.83. The summed E-state index contributed by atoms with van der Waals surface area (Å²) in [7, 11) is 4.44. The summed E-state index contributed by atoms with van der Waals surface area (Å²) in [4.78, 5) is 54.4. The number of ether oxygens (including phenoxy) is 1. The number of ketones is 2. The normalized spacial score (nSPS) is 29.4. The quantitative estimate of drug-likeness (QED) is 0.290. The van der Waals surface area contributed by atoms with Crippen LogP contribution in [0.5, 0.6) is 5.75 Å². The molecule has 3 aliphatic carbocycles. The second-order valence-electron chi connectivity index (χ2n) is 11.8. The first-order chi connectivity index (χ1) is 19.7. The number of aliphatic hydroxyl groups is 3. The fraction of sp³-hybridized carbons (Fsp3) is 0.517. The minimum absolute atomic E-state index is 0.0426. The van der Waals surface area contributed by atoms with Crippen molar-refractivity contribution in [2.75, 3.05) is 34.3 Å². The standard InChI is InChI=1S/C29H35FN4O8/c1-12(35)32-15-5-6-34(11-15)10-14-9-18(42-4)20-16(22(14)30)7-13-8-17-23(33(2)3)25(37)21(28(31)40)27(39)29(17,41)26(38)19(13)24(20)36/h9,13,15,17,23,37-38,41H,5-8,10-11H2,1-4H3,(H2,31,40)(H,32,35)/t13-,15-,17-,23-,29-/m0/s1. The molecule has 0 bridgehead atoms. The molecule has 42 heavy (non-hydrogen) atoms. The highest BCUT2D eigenvalue weighted by Gasteiger charge is 2.63. The van der Waals surface area contributed by atoms with Crippen molar-refractivity contribution >= 4 is 23.4 Å². The molecule has 0 unspecified atom stereocenters. The predicted octanol–water partition coefficient (Wildman–Crippen LogP) is 0.273. The van der Waals surface area contributed by atoms with Crippen molar-refractivity contribution in [1.82, 2.24) is 15.1 Å². The van der Waals surface area contributed by atoms with Gasteiger partial charge in [0.2, 0.25) is 11.7 Å². The van der Waals surface area contributed by atoms with E-state index in [0.29, 0.717) is 25.1 Å². The molecule has 1 aromatic rings. The highest BCUT2D eigenvalue weighted by atomic mass is 19.1. The Labute approximate surface area is 241 Å². The Morgan fingerprint density at radius 3 is 2.57 bits per heavy atom. The number of methoxy groups -OCH3 is 1. The number of likely N-dealkylation sites (tertiary alicyclic amines) is 1. The molecule has 5 atom stereocenters. The number of carbonyl (C=O) groups is 4. The molecule has 0 saturated carbocycles. The third-order valence-electron chi connectivity index (χ3n) is 9.01. The van der Waals surface area contributed by atoms with E-state index in [0.717, 1.165) is 0 Å². The molecule has 4 aliphatic rings. The molecule has 1 aliphatic heterocycles. The minimum atomic E-state index is -2.71. The van der Waals surface area contributed by atoms with E-state index in [1.165, 1.54) is 25.0 Å². The topological polar surface area (TPSA) is 183 Å². The van der Waals surface area contributed by atoms with Gasteiger partial charge in [-0.25, -0.2) is 4.39 Å². The number of hydrogen-bond donors (Lipinski definition) is 5. The number of allylic oxidation sites excluding steroid dienone is 1. The fourth-order valence-electron chi connectivity index (χ4n) is 7.23. The van der Waals surface area contributed by atoms with Gasteiger partial charge < -0.3 is 31.1 Å². The van der Waals surface area contributed by atoms with Crippen LogP contribution in [0.1, 0.15) is 41.3 Å². The van der Waals surface area contributed by atoms with E-state index in [4.69, 9.17) is 10.5 Å². The van der Waals surface area contributed by atoms with Gasteiger partial charge >= 0.3 is 0 Å². The van der Waals surface area contributed by atoms with Crippen LogP contribution in [0, 0.1) is 17.7 Å². The van der Waals surface area contributed by atoms with E-state index in [2.05, 4.69) is 5.32 Å². The molecule has 0 spiro atoms. The Morgan fingerprint density at radius 2 is 1.98 bits per heavy atom. The minimum Gasteiger partial charge on any atom is -0.510 e. The lowest BCUT2D eigenvalue weighted by Gasteiger charge is -2.50. The van der Waals surface area contributed by atoms with Crippen LogP contribution in [0.4, 0.5) is 4.39 Å². The van der Waals surface area contributed by atoms with E-state index in [1.807, 2.05) is 4.90 Å². The Bertz CT molecular complexity index is 1470. The Kier molecular flexibility index (Phi) is 7.40. The molecule has 1 fully saturated rings. The van der Waals surface area contributed by atoms with Crippen LogP contribution in [0.15, 0.2) is 28.7 Å². The molecule has 13 heteroatoms. The first kappa shape index (κ1) is 29.7. The first-order valence-electron chi connectivity index (χ1n) is 13.7. The third kappa shape index (κ3) is 4.38. The number of carbonyl (C=O) groups excluding carboxylic acids is 4. The van der Waals surface area contributed by atoms with Gasteiger partial charge in [0, 0.05) is 55.2 Å². The third-order valence-corrected chi connectivity index (χ3v) is 9.01. The molecule has 1 aromatic carbocycles. The number of nitrogens with one attached hydrogen (secondary N) is 1. The van der Waals surface area contributed by atoms with Crippen molar-refractivity contribution < 1.29 is 43.6 Å². The van der Waals surface area contributed by atoms with Gasteiger partial charge in [0.05, 0.1) is 18.7 Å². The first-order valence-corrected chi connectivity index (χ1v) is 13.7. The largest absolute Gasteiger partial charge is 0.510 e. The van der Waals surface area contributed by atoms with Crippen molar-refractivity contribution in [1.29, 1.82) is 0 Å². The number of benzene rings is 1. The van der Waals surface area contributed by atoms with Crippen molar-refractivity contribution in [3.8, 4) is 5.75 Å². The number of aliphatic hydroxyl groups excluding tert-OH is 2. The van der Waals surface area contributed by atoms with E-state index in [9.17, 15) is 34.5 Å². The van der Waals surface area contributed by atoms with Crippen molar-refractivity contribution in [3.63, 3.8) is 0 Å². The zero-order valence-corrected chi connectivity index (χ0v) is 23.9. The molecule has 12 nitrogen and oxygen atoms in total. The van der Waals surface area contributed by atoms with Crippen LogP contribution < -0.4 is 15.8 Å². The average Bonchev–Trinajstić information content (AvgIpc) is 3.33. The van der Waals surface area contributed by atoms with Crippen molar-refractivity contribution in [2.45, 2.75) is 50.4 Å². The zero-order chi connectivity index (χ0) is 30.8. The van der Waals surface area contributed by atoms with Crippen LogP contribution in [0.25, 0.3) is 0 Å². The molecular weight excluding hydrogens is 551 g/mol. The average molecular weight is 587 g/mol. The second kappa shape index (κ2) is 10.5. The predicted molar refractivity (Wildman–Crippen MR) is 146 cm³/mol. The van der Waals surface area contributed by atoms with Crippen LogP contribution >= 0.6 is 0 Å². The summed E-state index contributed by atoms with van der Waals surface area (Å²) in [5.74, 6) is -7.58. The molecule has 5 rings (SSSR count). The van der Waals surface area contributed by atoms with Gasteiger partial charge in [0.15, 0.2) is 11.4 Å². The number of rotatable bonds is 6. The van der Waals surface area contributed by atoms with E-state index in [1.54, 1.807) is 14.1 Å². The van der Waals surface area contributed by atoms with Crippen LogP contribution in [0.2, 0.25) is 0 Å². The van der Waals surface area contributed by atoms with Gasteiger partial charge in [-0.1, -0.05) is 0 Å². The lowest BCUT2D eigenvalue weighted by Crippen LogP contribution is -2.63. The summed E-state index contributed by atoms with van der Waals surface area (Å²) < 4.78 is 21.6. The number of nitrogens with zero attached hydrogens (tertiary/aromatic N) is 2. The monoisotopic (exact) mass is 586 g/mol. The molecule has 2 amide bonds.